The lowest BCUT2D eigenvalue weighted by Crippen LogP contribution is -1.98. The predicted octanol–water partition coefficient (Wildman–Crippen LogP) is 4.02. The third kappa shape index (κ3) is 3.41. The molecule has 0 aliphatic carbocycles. The van der Waals surface area contributed by atoms with E-state index in [1.807, 2.05) is 10.6 Å². The van der Waals surface area contributed by atoms with Crippen molar-refractivity contribution in [1.29, 1.82) is 0 Å². The van der Waals surface area contributed by atoms with Gasteiger partial charge in [0.2, 0.25) is 0 Å². The first-order valence-corrected chi connectivity index (χ1v) is 7.63. The highest BCUT2D eigenvalue weighted by Gasteiger charge is 2.12. The Morgan fingerprint density at radius 1 is 1.38 bits per heavy atom. The van der Waals surface area contributed by atoms with Crippen molar-refractivity contribution in [2.24, 2.45) is 5.92 Å². The van der Waals surface area contributed by atoms with Gasteiger partial charge < -0.3 is 9.36 Å². The number of carbonyl (C=O) groups is 2. The van der Waals surface area contributed by atoms with E-state index in [1.165, 1.54) is 12.0 Å². The van der Waals surface area contributed by atoms with Crippen LogP contribution in [-0.2, 0) is 17.8 Å². The molecule has 3 nitrogen and oxygen atoms in total. The Labute approximate surface area is 126 Å². The largest absolute Gasteiger partial charge is 0.340 e. The van der Waals surface area contributed by atoms with E-state index in [2.05, 4.69) is 26.0 Å². The lowest BCUT2D eigenvalue weighted by atomic mass is 9.98. The van der Waals surface area contributed by atoms with Crippen molar-refractivity contribution in [2.75, 3.05) is 0 Å². The molecule has 0 bridgehead atoms. The quantitative estimate of drug-likeness (QED) is 0.569. The van der Waals surface area contributed by atoms with E-state index in [-0.39, 0.29) is 5.78 Å². The predicted molar refractivity (Wildman–Crippen MR) is 85.8 cm³/mol. The number of nitrogens with zero attached hydrogens (tertiary/aromatic N) is 1. The monoisotopic (exact) mass is 285 g/mol. The van der Waals surface area contributed by atoms with Gasteiger partial charge in [0.25, 0.3) is 0 Å². The van der Waals surface area contributed by atoms with Crippen LogP contribution in [0.1, 0.15) is 49.5 Å². The Morgan fingerprint density at radius 3 is 2.76 bits per heavy atom. The van der Waals surface area contributed by atoms with E-state index in [9.17, 15) is 9.59 Å². The van der Waals surface area contributed by atoms with Gasteiger partial charge >= 0.3 is 0 Å². The Kier molecular flexibility index (Phi) is 4.94. The fraction of sp³-hybridized carbons (Fsp3) is 0.444. The molecule has 0 radical (unpaired) electrons. The molecular weight excluding hydrogens is 262 g/mol. The van der Waals surface area contributed by atoms with Crippen LogP contribution in [0.3, 0.4) is 0 Å². The van der Waals surface area contributed by atoms with E-state index in [0.29, 0.717) is 12.1 Å². The van der Waals surface area contributed by atoms with Crippen molar-refractivity contribution in [3.8, 4) is 0 Å². The SMILES string of the molecule is CCC(C)CCc1ccc2c(C(C)=O)cn(CC=O)c2c1. The first-order chi connectivity index (χ1) is 10.1. The van der Waals surface area contributed by atoms with Crippen molar-refractivity contribution in [2.45, 2.75) is 46.6 Å². The maximum absolute atomic E-state index is 11.7. The Morgan fingerprint density at radius 2 is 2.14 bits per heavy atom. The Balaban J connectivity index is 2.38. The highest BCUT2D eigenvalue weighted by molar-refractivity contribution is 6.07. The van der Waals surface area contributed by atoms with E-state index < -0.39 is 0 Å². The van der Waals surface area contributed by atoms with Crippen LogP contribution in [0.4, 0.5) is 0 Å². The molecule has 0 saturated heterocycles. The molecule has 1 atom stereocenters. The summed E-state index contributed by atoms with van der Waals surface area (Å²) in [6, 6.07) is 6.23. The van der Waals surface area contributed by atoms with Gasteiger partial charge in [-0.1, -0.05) is 32.4 Å². The minimum Gasteiger partial charge on any atom is -0.340 e. The molecule has 1 heterocycles. The van der Waals surface area contributed by atoms with E-state index >= 15 is 0 Å². The van der Waals surface area contributed by atoms with Crippen molar-refractivity contribution < 1.29 is 9.59 Å². The molecule has 0 fully saturated rings. The third-order valence-electron chi connectivity index (χ3n) is 4.22. The number of aldehydes is 1. The zero-order valence-electron chi connectivity index (χ0n) is 13.1. The molecule has 3 heteroatoms. The maximum Gasteiger partial charge on any atom is 0.161 e. The third-order valence-corrected chi connectivity index (χ3v) is 4.22. The number of fused-ring (bicyclic) bond motifs is 1. The van der Waals surface area contributed by atoms with E-state index in [1.54, 1.807) is 13.1 Å². The van der Waals surface area contributed by atoms with Crippen LogP contribution in [0.25, 0.3) is 10.9 Å². The average Bonchev–Trinajstić information content (AvgIpc) is 2.83. The van der Waals surface area contributed by atoms with Gasteiger partial charge in [-0.2, -0.15) is 0 Å². The molecule has 1 unspecified atom stereocenters. The van der Waals surface area contributed by atoms with Crippen LogP contribution < -0.4 is 0 Å². The summed E-state index contributed by atoms with van der Waals surface area (Å²) in [6.07, 6.45) is 6.05. The molecule has 0 saturated carbocycles. The second-order valence-electron chi connectivity index (χ2n) is 5.82. The second-order valence-corrected chi connectivity index (χ2v) is 5.82. The van der Waals surface area contributed by atoms with Crippen LogP contribution in [-0.4, -0.2) is 16.6 Å². The molecule has 0 spiro atoms. The standard InChI is InChI=1S/C18H23NO2/c1-4-13(2)5-6-15-7-8-16-17(14(3)21)12-19(9-10-20)18(16)11-15/h7-8,10-13H,4-6,9H2,1-3H3. The first kappa shape index (κ1) is 15.5. The summed E-state index contributed by atoms with van der Waals surface area (Å²) in [5, 5.41) is 0.941. The summed E-state index contributed by atoms with van der Waals surface area (Å²) in [5.41, 5.74) is 2.94. The van der Waals surface area contributed by atoms with Crippen LogP contribution in [0.2, 0.25) is 0 Å². The molecule has 0 amide bonds. The van der Waals surface area contributed by atoms with Gasteiger partial charge in [0.15, 0.2) is 5.78 Å². The zero-order chi connectivity index (χ0) is 15.4. The maximum atomic E-state index is 11.7. The van der Waals surface area contributed by atoms with Crippen LogP contribution >= 0.6 is 0 Å². The first-order valence-electron chi connectivity index (χ1n) is 7.63. The minimum absolute atomic E-state index is 0.0389. The summed E-state index contributed by atoms with van der Waals surface area (Å²) >= 11 is 0. The lowest BCUT2D eigenvalue weighted by molar-refractivity contribution is -0.108. The van der Waals surface area contributed by atoms with Crippen molar-refractivity contribution in [3.63, 3.8) is 0 Å². The molecule has 2 aromatic rings. The Hall–Kier alpha value is -1.90. The molecule has 112 valence electrons. The normalized spacial score (nSPS) is 12.5. The van der Waals surface area contributed by atoms with Gasteiger partial charge in [0.1, 0.15) is 6.29 Å². The number of hydrogen-bond donors (Lipinski definition) is 0. The van der Waals surface area contributed by atoms with Crippen LogP contribution in [0.15, 0.2) is 24.4 Å². The number of carbonyl (C=O) groups excluding carboxylic acids is 2. The van der Waals surface area contributed by atoms with Gasteiger partial charge in [-0.3, -0.25) is 4.79 Å². The topological polar surface area (TPSA) is 39.1 Å². The second kappa shape index (κ2) is 6.70. The van der Waals surface area contributed by atoms with Crippen molar-refractivity contribution in [3.05, 3.63) is 35.5 Å². The van der Waals surface area contributed by atoms with Gasteiger partial charge in [0, 0.05) is 22.7 Å². The van der Waals surface area contributed by atoms with Gasteiger partial charge in [-0.25, -0.2) is 0 Å². The fourth-order valence-electron chi connectivity index (χ4n) is 2.62. The molecule has 2 rings (SSSR count). The number of ketones is 1. The minimum atomic E-state index is 0.0389. The average molecular weight is 285 g/mol. The molecule has 1 aromatic heterocycles. The number of Topliss-reactive ketones (excluding diaryl/α,β-unsaturated/α-hetero) is 1. The summed E-state index contributed by atoms with van der Waals surface area (Å²) in [7, 11) is 0. The van der Waals surface area contributed by atoms with Gasteiger partial charge in [0.05, 0.1) is 6.54 Å². The van der Waals surface area contributed by atoms with Crippen LogP contribution in [0, 0.1) is 5.92 Å². The van der Waals surface area contributed by atoms with Crippen LogP contribution in [0.5, 0.6) is 0 Å². The number of aromatic nitrogens is 1. The fourth-order valence-corrected chi connectivity index (χ4v) is 2.62. The molecule has 0 aliphatic rings. The molecule has 1 aromatic carbocycles. The molecule has 0 N–H and O–H groups in total. The molecule has 21 heavy (non-hydrogen) atoms. The number of hydrogen-bond acceptors (Lipinski definition) is 2. The summed E-state index contributed by atoms with van der Waals surface area (Å²) < 4.78 is 1.87. The molecular formula is C18H23NO2. The smallest absolute Gasteiger partial charge is 0.161 e. The van der Waals surface area contributed by atoms with Crippen molar-refractivity contribution in [1.82, 2.24) is 4.57 Å². The number of aryl methyl sites for hydroxylation is 1. The van der Waals surface area contributed by atoms with Gasteiger partial charge in [-0.05, 0) is 37.3 Å². The van der Waals surface area contributed by atoms with E-state index in [4.69, 9.17) is 0 Å². The number of rotatable bonds is 7. The van der Waals surface area contributed by atoms with E-state index in [0.717, 1.165) is 35.9 Å². The Bertz CT molecular complexity index is 655. The summed E-state index contributed by atoms with van der Waals surface area (Å²) in [4.78, 5) is 22.5. The number of benzene rings is 1. The highest BCUT2D eigenvalue weighted by atomic mass is 16.1. The zero-order valence-corrected chi connectivity index (χ0v) is 13.1. The van der Waals surface area contributed by atoms with Crippen molar-refractivity contribution >= 4 is 23.0 Å². The lowest BCUT2D eigenvalue weighted by Gasteiger charge is -2.09. The highest BCUT2D eigenvalue weighted by Crippen LogP contribution is 2.24. The summed E-state index contributed by atoms with van der Waals surface area (Å²) in [6.45, 7) is 6.33. The molecule has 0 aliphatic heterocycles. The van der Waals surface area contributed by atoms with Gasteiger partial charge in [-0.15, -0.1) is 0 Å². The summed E-state index contributed by atoms with van der Waals surface area (Å²) in [5.74, 6) is 0.757.